The summed E-state index contributed by atoms with van der Waals surface area (Å²) in [4.78, 5) is 11.7. The van der Waals surface area contributed by atoms with Gasteiger partial charge in [-0.2, -0.15) is 0 Å². The lowest BCUT2D eigenvalue weighted by molar-refractivity contribution is -0.126. The van der Waals surface area contributed by atoms with E-state index in [-0.39, 0.29) is 18.4 Å². The minimum absolute atomic E-state index is 0.184. The van der Waals surface area contributed by atoms with Gasteiger partial charge in [0.15, 0.2) is 0 Å². The Hall–Kier alpha value is -0.610. The van der Waals surface area contributed by atoms with Crippen molar-refractivity contribution in [3.05, 3.63) is 0 Å². The fraction of sp³-hybridized carbons (Fsp3) is 0.917. The van der Waals surface area contributed by atoms with E-state index in [9.17, 15) is 9.90 Å². The van der Waals surface area contributed by atoms with Crippen LogP contribution in [0, 0.1) is 5.92 Å². The van der Waals surface area contributed by atoms with Gasteiger partial charge in [-0.3, -0.25) is 4.79 Å². The lowest BCUT2D eigenvalue weighted by Gasteiger charge is -2.25. The normalized spacial score (nSPS) is 18.6. The first-order valence-electron chi connectivity index (χ1n) is 6.10. The van der Waals surface area contributed by atoms with Gasteiger partial charge in [-0.15, -0.1) is 0 Å². The molecule has 0 saturated carbocycles. The van der Waals surface area contributed by atoms with Crippen molar-refractivity contribution >= 4 is 5.91 Å². The van der Waals surface area contributed by atoms with E-state index in [2.05, 4.69) is 5.32 Å². The van der Waals surface area contributed by atoms with Gasteiger partial charge in [-0.1, -0.05) is 33.6 Å². The van der Waals surface area contributed by atoms with E-state index < -0.39 is 11.6 Å². The summed E-state index contributed by atoms with van der Waals surface area (Å²) >= 11 is 0. The molecule has 0 bridgehead atoms. The molecule has 4 N–H and O–H groups in total. The van der Waals surface area contributed by atoms with Gasteiger partial charge in [-0.05, 0) is 19.3 Å². The highest BCUT2D eigenvalue weighted by Crippen LogP contribution is 2.10. The number of rotatable bonds is 7. The lowest BCUT2D eigenvalue weighted by Crippen LogP contribution is -2.53. The molecule has 3 unspecified atom stereocenters. The molecule has 0 spiro atoms. The van der Waals surface area contributed by atoms with Crippen molar-refractivity contribution in [1.82, 2.24) is 5.32 Å². The largest absolute Gasteiger partial charge is 0.391 e. The van der Waals surface area contributed by atoms with Crippen molar-refractivity contribution in [2.75, 3.05) is 6.54 Å². The Morgan fingerprint density at radius 2 is 2.06 bits per heavy atom. The monoisotopic (exact) mass is 230 g/mol. The molecule has 0 aliphatic heterocycles. The number of nitrogens with two attached hydrogens (primary N) is 1. The van der Waals surface area contributed by atoms with Crippen molar-refractivity contribution in [3.8, 4) is 0 Å². The summed E-state index contributed by atoms with van der Waals surface area (Å²) in [6, 6.07) is 0. The van der Waals surface area contributed by atoms with Gasteiger partial charge >= 0.3 is 0 Å². The number of hydrogen-bond acceptors (Lipinski definition) is 3. The molecule has 0 rings (SSSR count). The topological polar surface area (TPSA) is 75.4 Å². The van der Waals surface area contributed by atoms with Crippen LogP contribution in [0.5, 0.6) is 0 Å². The van der Waals surface area contributed by atoms with E-state index in [0.717, 1.165) is 12.8 Å². The molecule has 16 heavy (non-hydrogen) atoms. The first-order chi connectivity index (χ1) is 7.35. The highest BCUT2D eigenvalue weighted by molar-refractivity contribution is 5.85. The molecule has 4 nitrogen and oxygen atoms in total. The highest BCUT2D eigenvalue weighted by Gasteiger charge is 2.27. The molecule has 0 aromatic heterocycles. The van der Waals surface area contributed by atoms with Gasteiger partial charge in [0.25, 0.3) is 0 Å². The molecular formula is C12H26N2O2. The molecule has 0 saturated heterocycles. The van der Waals surface area contributed by atoms with E-state index in [1.165, 1.54) is 0 Å². The third kappa shape index (κ3) is 4.94. The van der Waals surface area contributed by atoms with Crippen molar-refractivity contribution in [3.63, 3.8) is 0 Å². The van der Waals surface area contributed by atoms with Crippen LogP contribution in [0.1, 0.15) is 47.0 Å². The maximum atomic E-state index is 11.7. The quantitative estimate of drug-likeness (QED) is 0.611. The maximum Gasteiger partial charge on any atom is 0.239 e. The average Bonchev–Trinajstić information content (AvgIpc) is 2.23. The number of amides is 1. The first kappa shape index (κ1) is 15.4. The highest BCUT2D eigenvalue weighted by atomic mass is 16.3. The Kier molecular flexibility index (Phi) is 6.60. The second kappa shape index (κ2) is 6.86. The summed E-state index contributed by atoms with van der Waals surface area (Å²) in [7, 11) is 0. The second-order valence-corrected chi connectivity index (χ2v) is 4.83. The van der Waals surface area contributed by atoms with Crippen LogP contribution in [0.4, 0.5) is 0 Å². The Labute approximate surface area is 98.6 Å². The minimum Gasteiger partial charge on any atom is -0.391 e. The van der Waals surface area contributed by atoms with E-state index in [0.29, 0.717) is 6.42 Å². The van der Waals surface area contributed by atoms with Crippen LogP contribution in [0.3, 0.4) is 0 Å². The molecule has 1 amide bonds. The zero-order chi connectivity index (χ0) is 12.8. The van der Waals surface area contributed by atoms with Crippen LogP contribution in [-0.2, 0) is 4.79 Å². The predicted octanol–water partition coefficient (Wildman–Crippen LogP) is 1.03. The van der Waals surface area contributed by atoms with Crippen LogP contribution in [0.15, 0.2) is 0 Å². The summed E-state index contributed by atoms with van der Waals surface area (Å²) < 4.78 is 0. The molecule has 0 aliphatic carbocycles. The Morgan fingerprint density at radius 1 is 1.50 bits per heavy atom. The van der Waals surface area contributed by atoms with E-state index in [1.807, 2.05) is 20.8 Å². The standard InChI is InChI=1S/C12H26N2O2/c1-5-7-12(4,13)11(16)14-8-10(15)9(3)6-2/h9-10,15H,5-8,13H2,1-4H3,(H,14,16). The van der Waals surface area contributed by atoms with Crippen LogP contribution in [0.2, 0.25) is 0 Å². The summed E-state index contributed by atoms with van der Waals surface area (Å²) in [6.07, 6.45) is 1.92. The van der Waals surface area contributed by atoms with Crippen molar-refractivity contribution < 1.29 is 9.90 Å². The van der Waals surface area contributed by atoms with Gasteiger partial charge in [0.05, 0.1) is 11.6 Å². The van der Waals surface area contributed by atoms with Crippen molar-refractivity contribution in [2.24, 2.45) is 11.7 Å². The fourth-order valence-corrected chi connectivity index (χ4v) is 1.51. The predicted molar refractivity (Wildman–Crippen MR) is 66.0 cm³/mol. The molecule has 0 aliphatic rings. The van der Waals surface area contributed by atoms with Crippen molar-refractivity contribution in [2.45, 2.75) is 58.6 Å². The zero-order valence-electron chi connectivity index (χ0n) is 10.9. The van der Waals surface area contributed by atoms with Crippen LogP contribution >= 0.6 is 0 Å². The van der Waals surface area contributed by atoms with Crippen LogP contribution in [0.25, 0.3) is 0 Å². The van der Waals surface area contributed by atoms with Crippen LogP contribution in [-0.4, -0.2) is 29.2 Å². The smallest absolute Gasteiger partial charge is 0.239 e. The van der Waals surface area contributed by atoms with Gasteiger partial charge in [0, 0.05) is 6.54 Å². The second-order valence-electron chi connectivity index (χ2n) is 4.83. The average molecular weight is 230 g/mol. The van der Waals surface area contributed by atoms with Gasteiger partial charge in [0.2, 0.25) is 5.91 Å². The first-order valence-corrected chi connectivity index (χ1v) is 6.10. The van der Waals surface area contributed by atoms with E-state index in [1.54, 1.807) is 6.92 Å². The molecule has 0 aromatic carbocycles. The number of nitrogens with one attached hydrogen (secondary N) is 1. The number of carbonyl (C=O) groups excluding carboxylic acids is 1. The van der Waals surface area contributed by atoms with Gasteiger partial charge < -0.3 is 16.2 Å². The summed E-state index contributed by atoms with van der Waals surface area (Å²) in [5, 5.41) is 12.4. The third-order valence-corrected chi connectivity index (χ3v) is 3.06. The third-order valence-electron chi connectivity index (χ3n) is 3.06. The lowest BCUT2D eigenvalue weighted by atomic mass is 9.96. The van der Waals surface area contributed by atoms with Gasteiger partial charge in [-0.25, -0.2) is 0 Å². The number of hydrogen-bond donors (Lipinski definition) is 3. The van der Waals surface area contributed by atoms with Gasteiger partial charge in [0.1, 0.15) is 0 Å². The molecular weight excluding hydrogens is 204 g/mol. The Bertz CT molecular complexity index is 217. The number of carbonyl (C=O) groups is 1. The molecule has 0 radical (unpaired) electrons. The molecule has 0 fully saturated rings. The SMILES string of the molecule is CCCC(C)(N)C(=O)NCC(O)C(C)CC. The molecule has 0 aromatic rings. The molecule has 96 valence electrons. The molecule has 3 atom stereocenters. The minimum atomic E-state index is -0.829. The summed E-state index contributed by atoms with van der Waals surface area (Å²) in [5.74, 6) is 0.00667. The Morgan fingerprint density at radius 3 is 2.50 bits per heavy atom. The fourth-order valence-electron chi connectivity index (χ4n) is 1.51. The molecule has 0 heterocycles. The summed E-state index contributed by atoms with van der Waals surface area (Å²) in [5.41, 5.74) is 5.04. The number of aliphatic hydroxyl groups excluding tert-OH is 1. The Balaban J connectivity index is 4.06. The molecule has 4 heteroatoms. The summed E-state index contributed by atoms with van der Waals surface area (Å²) in [6.45, 7) is 7.97. The van der Waals surface area contributed by atoms with Crippen LogP contribution < -0.4 is 11.1 Å². The number of aliphatic hydroxyl groups is 1. The van der Waals surface area contributed by atoms with E-state index >= 15 is 0 Å². The van der Waals surface area contributed by atoms with Crippen molar-refractivity contribution in [1.29, 1.82) is 0 Å². The maximum absolute atomic E-state index is 11.7. The zero-order valence-corrected chi connectivity index (χ0v) is 10.9. The van der Waals surface area contributed by atoms with E-state index in [4.69, 9.17) is 5.73 Å².